The molecule has 0 spiro atoms. The second-order valence-electron chi connectivity index (χ2n) is 5.70. The average molecular weight is 326 g/mol. The number of aromatic nitrogens is 1. The van der Waals surface area contributed by atoms with Crippen LogP contribution in [-0.2, 0) is 11.4 Å². The van der Waals surface area contributed by atoms with Crippen molar-refractivity contribution in [1.29, 1.82) is 0 Å². The number of amides is 1. The number of nitrogens with two attached hydrogens (primary N) is 1. The molecular formula is C18H22N4O2. The number of carbonyl (C=O) groups is 1. The SMILES string of the molecule is NCC(=O)N1CCN(c2ccc(OCc3ccccc3)cn2)CC1. The van der Waals surface area contributed by atoms with Crippen LogP contribution in [0.2, 0.25) is 0 Å². The van der Waals surface area contributed by atoms with E-state index in [0.717, 1.165) is 30.2 Å². The van der Waals surface area contributed by atoms with Crippen LogP contribution in [0.4, 0.5) is 5.82 Å². The second-order valence-corrected chi connectivity index (χ2v) is 5.70. The normalized spacial score (nSPS) is 14.5. The molecule has 2 heterocycles. The molecule has 1 saturated heterocycles. The quantitative estimate of drug-likeness (QED) is 0.896. The lowest BCUT2D eigenvalue weighted by Gasteiger charge is -2.35. The zero-order valence-electron chi connectivity index (χ0n) is 13.6. The molecule has 1 aliphatic heterocycles. The third-order valence-corrected chi connectivity index (χ3v) is 4.10. The minimum absolute atomic E-state index is 0.00673. The first-order valence-corrected chi connectivity index (χ1v) is 8.12. The maximum absolute atomic E-state index is 11.6. The number of hydrogen-bond donors (Lipinski definition) is 1. The monoisotopic (exact) mass is 326 g/mol. The predicted octanol–water partition coefficient (Wildman–Crippen LogP) is 1.27. The molecule has 0 bridgehead atoms. The van der Waals surface area contributed by atoms with E-state index in [0.29, 0.717) is 19.7 Å². The molecule has 126 valence electrons. The summed E-state index contributed by atoms with van der Waals surface area (Å²) in [5, 5.41) is 0. The molecule has 6 nitrogen and oxygen atoms in total. The molecule has 6 heteroatoms. The first-order valence-electron chi connectivity index (χ1n) is 8.12. The fourth-order valence-electron chi connectivity index (χ4n) is 2.70. The van der Waals surface area contributed by atoms with Gasteiger partial charge in [0.2, 0.25) is 5.91 Å². The van der Waals surface area contributed by atoms with Crippen LogP contribution in [0.5, 0.6) is 5.75 Å². The van der Waals surface area contributed by atoms with Crippen molar-refractivity contribution in [3.05, 3.63) is 54.2 Å². The van der Waals surface area contributed by atoms with Gasteiger partial charge in [0.15, 0.2) is 0 Å². The van der Waals surface area contributed by atoms with Gasteiger partial charge in [-0.15, -0.1) is 0 Å². The summed E-state index contributed by atoms with van der Waals surface area (Å²) >= 11 is 0. The Balaban J connectivity index is 1.52. The Hall–Kier alpha value is -2.60. The molecule has 0 atom stereocenters. The highest BCUT2D eigenvalue weighted by Gasteiger charge is 2.20. The van der Waals surface area contributed by atoms with Crippen molar-refractivity contribution < 1.29 is 9.53 Å². The summed E-state index contributed by atoms with van der Waals surface area (Å²) in [6.07, 6.45) is 1.75. The first-order chi connectivity index (χ1) is 11.8. The highest BCUT2D eigenvalue weighted by atomic mass is 16.5. The number of pyridine rings is 1. The summed E-state index contributed by atoms with van der Waals surface area (Å²) in [5.74, 6) is 1.66. The Morgan fingerprint density at radius 1 is 1.08 bits per heavy atom. The minimum Gasteiger partial charge on any atom is -0.487 e. The molecule has 0 radical (unpaired) electrons. The van der Waals surface area contributed by atoms with Crippen molar-refractivity contribution in [2.24, 2.45) is 5.73 Å². The van der Waals surface area contributed by atoms with Gasteiger partial charge >= 0.3 is 0 Å². The van der Waals surface area contributed by atoms with E-state index in [9.17, 15) is 4.79 Å². The van der Waals surface area contributed by atoms with Crippen molar-refractivity contribution >= 4 is 11.7 Å². The van der Waals surface area contributed by atoms with E-state index in [1.165, 1.54) is 0 Å². The van der Waals surface area contributed by atoms with Crippen LogP contribution in [-0.4, -0.2) is 48.5 Å². The topological polar surface area (TPSA) is 71.7 Å². The van der Waals surface area contributed by atoms with Gasteiger partial charge in [0.25, 0.3) is 0 Å². The first kappa shape index (κ1) is 16.3. The number of hydrogen-bond acceptors (Lipinski definition) is 5. The zero-order chi connectivity index (χ0) is 16.8. The van der Waals surface area contributed by atoms with Gasteiger partial charge < -0.3 is 20.3 Å². The molecule has 1 aromatic heterocycles. The van der Waals surface area contributed by atoms with Crippen LogP contribution < -0.4 is 15.4 Å². The van der Waals surface area contributed by atoms with E-state index in [-0.39, 0.29) is 12.5 Å². The number of piperazine rings is 1. The van der Waals surface area contributed by atoms with Gasteiger partial charge in [-0.3, -0.25) is 4.79 Å². The lowest BCUT2D eigenvalue weighted by molar-refractivity contribution is -0.129. The van der Waals surface area contributed by atoms with Gasteiger partial charge in [-0.1, -0.05) is 30.3 Å². The zero-order valence-corrected chi connectivity index (χ0v) is 13.6. The number of anilines is 1. The molecule has 3 rings (SSSR count). The van der Waals surface area contributed by atoms with Crippen LogP contribution in [0, 0.1) is 0 Å². The third-order valence-electron chi connectivity index (χ3n) is 4.10. The number of rotatable bonds is 5. The van der Waals surface area contributed by atoms with Crippen molar-refractivity contribution in [2.75, 3.05) is 37.6 Å². The second kappa shape index (κ2) is 7.79. The maximum Gasteiger partial charge on any atom is 0.236 e. The Kier molecular flexibility index (Phi) is 5.28. The number of nitrogens with zero attached hydrogens (tertiary/aromatic N) is 3. The van der Waals surface area contributed by atoms with Gasteiger partial charge in [0, 0.05) is 26.2 Å². The molecule has 1 aromatic carbocycles. The summed E-state index contributed by atoms with van der Waals surface area (Å²) in [5.41, 5.74) is 6.53. The van der Waals surface area contributed by atoms with Gasteiger partial charge in [0.1, 0.15) is 18.2 Å². The molecule has 0 aliphatic carbocycles. The molecule has 1 fully saturated rings. The molecule has 1 aliphatic rings. The smallest absolute Gasteiger partial charge is 0.236 e. The fourth-order valence-corrected chi connectivity index (χ4v) is 2.70. The van der Waals surface area contributed by atoms with Crippen molar-refractivity contribution in [3.63, 3.8) is 0 Å². The number of ether oxygens (including phenoxy) is 1. The average Bonchev–Trinajstić information content (AvgIpc) is 2.67. The van der Waals surface area contributed by atoms with Crippen LogP contribution in [0.25, 0.3) is 0 Å². The van der Waals surface area contributed by atoms with Crippen LogP contribution in [0.15, 0.2) is 48.7 Å². The molecule has 2 N–H and O–H groups in total. The van der Waals surface area contributed by atoms with Crippen molar-refractivity contribution in [2.45, 2.75) is 6.61 Å². The van der Waals surface area contributed by atoms with E-state index in [1.807, 2.05) is 42.5 Å². The lowest BCUT2D eigenvalue weighted by atomic mass is 10.2. The van der Waals surface area contributed by atoms with Crippen LogP contribution in [0.3, 0.4) is 0 Å². The Bertz CT molecular complexity index is 652. The van der Waals surface area contributed by atoms with E-state index in [2.05, 4.69) is 9.88 Å². The van der Waals surface area contributed by atoms with Crippen LogP contribution >= 0.6 is 0 Å². The van der Waals surface area contributed by atoms with E-state index < -0.39 is 0 Å². The number of carbonyl (C=O) groups excluding carboxylic acids is 1. The number of benzene rings is 1. The van der Waals surface area contributed by atoms with Crippen LogP contribution in [0.1, 0.15) is 5.56 Å². The van der Waals surface area contributed by atoms with E-state index in [4.69, 9.17) is 10.5 Å². The minimum atomic E-state index is 0.00673. The van der Waals surface area contributed by atoms with E-state index >= 15 is 0 Å². The van der Waals surface area contributed by atoms with Gasteiger partial charge in [-0.05, 0) is 17.7 Å². The van der Waals surface area contributed by atoms with Gasteiger partial charge in [-0.25, -0.2) is 4.98 Å². The third kappa shape index (κ3) is 4.02. The molecule has 24 heavy (non-hydrogen) atoms. The Labute approximate surface area is 141 Å². The molecule has 0 unspecified atom stereocenters. The molecular weight excluding hydrogens is 304 g/mol. The van der Waals surface area contributed by atoms with Crippen molar-refractivity contribution in [3.8, 4) is 5.75 Å². The summed E-state index contributed by atoms with van der Waals surface area (Å²) in [6.45, 7) is 3.51. The largest absolute Gasteiger partial charge is 0.487 e. The molecule has 1 amide bonds. The Morgan fingerprint density at radius 3 is 2.46 bits per heavy atom. The standard InChI is InChI=1S/C18H22N4O2/c19-12-18(23)22-10-8-21(9-11-22)17-7-6-16(13-20-17)24-14-15-4-2-1-3-5-15/h1-7,13H,8-12,14,19H2. The summed E-state index contributed by atoms with van der Waals surface area (Å²) in [4.78, 5) is 20.0. The van der Waals surface area contributed by atoms with Gasteiger partial charge in [0.05, 0.1) is 12.7 Å². The summed E-state index contributed by atoms with van der Waals surface area (Å²) < 4.78 is 5.75. The Morgan fingerprint density at radius 2 is 1.83 bits per heavy atom. The predicted molar refractivity (Wildman–Crippen MR) is 92.9 cm³/mol. The van der Waals surface area contributed by atoms with E-state index in [1.54, 1.807) is 11.1 Å². The fraction of sp³-hybridized carbons (Fsp3) is 0.333. The molecule has 2 aromatic rings. The molecule has 0 saturated carbocycles. The van der Waals surface area contributed by atoms with Crippen molar-refractivity contribution in [1.82, 2.24) is 9.88 Å². The summed E-state index contributed by atoms with van der Waals surface area (Å²) in [7, 11) is 0. The van der Waals surface area contributed by atoms with Gasteiger partial charge in [-0.2, -0.15) is 0 Å². The highest BCUT2D eigenvalue weighted by Crippen LogP contribution is 2.18. The lowest BCUT2D eigenvalue weighted by Crippen LogP contribution is -2.50. The highest BCUT2D eigenvalue weighted by molar-refractivity contribution is 5.78. The summed E-state index contributed by atoms with van der Waals surface area (Å²) in [6, 6.07) is 13.9. The maximum atomic E-state index is 11.6.